The van der Waals surface area contributed by atoms with E-state index in [2.05, 4.69) is 50.9 Å². The van der Waals surface area contributed by atoms with Crippen molar-refractivity contribution in [2.45, 2.75) is 45.3 Å². The van der Waals surface area contributed by atoms with E-state index < -0.39 is 0 Å². The quantitative estimate of drug-likeness (QED) is 0.696. The molecule has 0 radical (unpaired) electrons. The van der Waals surface area contributed by atoms with Crippen LogP contribution in [0.3, 0.4) is 0 Å². The van der Waals surface area contributed by atoms with Crippen molar-refractivity contribution in [2.24, 2.45) is 0 Å². The van der Waals surface area contributed by atoms with Gasteiger partial charge in [-0.05, 0) is 57.0 Å². The Hall–Kier alpha value is -3.24. The summed E-state index contributed by atoms with van der Waals surface area (Å²) >= 11 is 0. The van der Waals surface area contributed by atoms with E-state index in [-0.39, 0.29) is 6.04 Å². The molecule has 0 spiro atoms. The van der Waals surface area contributed by atoms with Crippen LogP contribution in [-0.4, -0.2) is 40.4 Å². The van der Waals surface area contributed by atoms with Crippen molar-refractivity contribution in [3.8, 4) is 6.07 Å². The van der Waals surface area contributed by atoms with Gasteiger partial charge in [-0.1, -0.05) is 12.1 Å². The number of anilines is 2. The van der Waals surface area contributed by atoms with Gasteiger partial charge in [0.1, 0.15) is 5.82 Å². The number of pyridine rings is 1. The lowest BCUT2D eigenvalue weighted by atomic mass is 9.97. The number of benzene rings is 1. The third-order valence-electron chi connectivity index (χ3n) is 6.55. The number of aryl methyl sites for hydroxylation is 1. The summed E-state index contributed by atoms with van der Waals surface area (Å²) in [6.07, 6.45) is 3.08. The molecule has 0 amide bonds. The Balaban J connectivity index is 1.50. The SMILES string of the molecule is Cc1c(C#N)cccc1[C@@H](C)Nc1nnc(C)c2cnc(N3CC4NCCC43)cc12. The summed E-state index contributed by atoms with van der Waals surface area (Å²) in [7, 11) is 0. The predicted molar refractivity (Wildman–Crippen MR) is 118 cm³/mol. The second-order valence-corrected chi connectivity index (χ2v) is 8.29. The van der Waals surface area contributed by atoms with Crippen molar-refractivity contribution < 1.29 is 0 Å². The molecule has 0 aliphatic carbocycles. The van der Waals surface area contributed by atoms with Crippen molar-refractivity contribution in [2.75, 3.05) is 23.3 Å². The second-order valence-electron chi connectivity index (χ2n) is 8.29. The van der Waals surface area contributed by atoms with Crippen LogP contribution in [0.2, 0.25) is 0 Å². The lowest BCUT2D eigenvalue weighted by Gasteiger charge is -2.45. The van der Waals surface area contributed by atoms with E-state index in [4.69, 9.17) is 4.98 Å². The number of nitriles is 1. The fraction of sp³-hybridized carbons (Fsp3) is 0.391. The maximum absolute atomic E-state index is 9.35. The Kier molecular flexibility index (Phi) is 4.52. The zero-order valence-electron chi connectivity index (χ0n) is 17.5. The van der Waals surface area contributed by atoms with Crippen LogP contribution in [0.5, 0.6) is 0 Å². The minimum Gasteiger partial charge on any atom is -0.362 e. The first-order chi connectivity index (χ1) is 14.6. The van der Waals surface area contributed by atoms with Gasteiger partial charge < -0.3 is 15.5 Å². The van der Waals surface area contributed by atoms with E-state index in [1.807, 2.05) is 32.2 Å². The molecule has 2 aliphatic heterocycles. The molecule has 4 heterocycles. The molecule has 2 aliphatic rings. The van der Waals surface area contributed by atoms with Gasteiger partial charge in [-0.3, -0.25) is 0 Å². The molecule has 2 fully saturated rings. The average molecular weight is 400 g/mol. The monoisotopic (exact) mass is 399 g/mol. The Morgan fingerprint density at radius 2 is 2.13 bits per heavy atom. The largest absolute Gasteiger partial charge is 0.362 e. The fourth-order valence-corrected chi connectivity index (χ4v) is 4.74. The molecular formula is C23H25N7. The van der Waals surface area contributed by atoms with Crippen molar-refractivity contribution in [3.63, 3.8) is 0 Å². The van der Waals surface area contributed by atoms with Crippen molar-refractivity contribution in [3.05, 3.63) is 52.8 Å². The lowest BCUT2D eigenvalue weighted by molar-refractivity contribution is 0.393. The van der Waals surface area contributed by atoms with Crippen molar-refractivity contribution in [1.82, 2.24) is 20.5 Å². The topological polar surface area (TPSA) is 89.8 Å². The maximum Gasteiger partial charge on any atom is 0.157 e. The summed E-state index contributed by atoms with van der Waals surface area (Å²) in [5, 5.41) is 27.3. The average Bonchev–Trinajstić information content (AvgIpc) is 3.10. The van der Waals surface area contributed by atoms with Gasteiger partial charge in [-0.25, -0.2) is 4.98 Å². The van der Waals surface area contributed by atoms with Gasteiger partial charge in [0.25, 0.3) is 0 Å². The van der Waals surface area contributed by atoms with Gasteiger partial charge in [0.2, 0.25) is 0 Å². The summed E-state index contributed by atoms with van der Waals surface area (Å²) in [4.78, 5) is 7.11. The van der Waals surface area contributed by atoms with E-state index >= 15 is 0 Å². The molecule has 3 atom stereocenters. The highest BCUT2D eigenvalue weighted by atomic mass is 15.3. The molecule has 5 rings (SSSR count). The number of hydrogen-bond donors (Lipinski definition) is 2. The van der Waals surface area contributed by atoms with Crippen LogP contribution in [0.25, 0.3) is 10.8 Å². The smallest absolute Gasteiger partial charge is 0.157 e. The Bertz CT molecular complexity index is 1170. The predicted octanol–water partition coefficient (Wildman–Crippen LogP) is 3.24. The molecule has 2 aromatic heterocycles. The van der Waals surface area contributed by atoms with Gasteiger partial charge in [0, 0.05) is 35.6 Å². The Morgan fingerprint density at radius 3 is 2.93 bits per heavy atom. The molecule has 1 aromatic carbocycles. The first-order valence-electron chi connectivity index (χ1n) is 10.5. The van der Waals surface area contributed by atoms with Crippen LogP contribution in [0, 0.1) is 25.2 Å². The highest BCUT2D eigenvalue weighted by Crippen LogP contribution is 2.34. The number of hydrogen-bond acceptors (Lipinski definition) is 7. The van der Waals surface area contributed by atoms with Crippen molar-refractivity contribution >= 4 is 22.4 Å². The third-order valence-corrected chi connectivity index (χ3v) is 6.55. The Morgan fingerprint density at radius 1 is 1.27 bits per heavy atom. The fourth-order valence-electron chi connectivity index (χ4n) is 4.74. The zero-order valence-corrected chi connectivity index (χ0v) is 17.5. The summed E-state index contributed by atoms with van der Waals surface area (Å²) in [5.74, 6) is 1.74. The molecule has 30 heavy (non-hydrogen) atoms. The molecular weight excluding hydrogens is 374 g/mol. The number of nitrogens with zero attached hydrogens (tertiary/aromatic N) is 5. The van der Waals surface area contributed by atoms with E-state index in [0.29, 0.717) is 17.6 Å². The normalized spacial score (nSPS) is 21.1. The minimum absolute atomic E-state index is 0.0115. The van der Waals surface area contributed by atoms with Gasteiger partial charge in [-0.15, -0.1) is 5.10 Å². The van der Waals surface area contributed by atoms with E-state index in [1.165, 1.54) is 0 Å². The van der Waals surface area contributed by atoms with Crippen LogP contribution in [-0.2, 0) is 0 Å². The standard InChI is InChI=1S/C23H25N7/c1-13-16(10-24)5-4-6-17(13)14(2)27-23-18-9-22(26-11-19(18)15(3)28-29-23)30-12-20-21(30)7-8-25-20/h4-6,9,11,14,20-21,25H,7-8,12H2,1-3H3,(H,27,29)/t14-,20?,21?/m1/s1. The number of fused-ring (bicyclic) bond motifs is 2. The third kappa shape index (κ3) is 2.96. The van der Waals surface area contributed by atoms with Crippen LogP contribution in [0.15, 0.2) is 30.5 Å². The molecule has 0 saturated carbocycles. The number of nitrogens with one attached hydrogen (secondary N) is 2. The number of rotatable bonds is 4. The summed E-state index contributed by atoms with van der Waals surface area (Å²) in [6, 6.07) is 11.4. The van der Waals surface area contributed by atoms with E-state index in [9.17, 15) is 5.26 Å². The van der Waals surface area contributed by atoms with Crippen LogP contribution in [0.4, 0.5) is 11.6 Å². The van der Waals surface area contributed by atoms with Gasteiger partial charge in [-0.2, -0.15) is 10.4 Å². The summed E-state index contributed by atoms with van der Waals surface area (Å²) in [5.41, 5.74) is 3.65. The minimum atomic E-state index is -0.0115. The molecule has 7 heteroatoms. The molecule has 0 bridgehead atoms. The van der Waals surface area contributed by atoms with Crippen molar-refractivity contribution in [1.29, 1.82) is 5.26 Å². The highest BCUT2D eigenvalue weighted by Gasteiger charge is 2.42. The van der Waals surface area contributed by atoms with Gasteiger partial charge in [0.15, 0.2) is 5.82 Å². The molecule has 2 N–H and O–H groups in total. The summed E-state index contributed by atoms with van der Waals surface area (Å²) in [6.45, 7) is 8.12. The first-order valence-corrected chi connectivity index (χ1v) is 10.5. The first kappa shape index (κ1) is 18.8. The summed E-state index contributed by atoms with van der Waals surface area (Å²) < 4.78 is 0. The zero-order chi connectivity index (χ0) is 20.8. The molecule has 2 saturated heterocycles. The molecule has 3 aromatic rings. The Labute approximate surface area is 176 Å². The highest BCUT2D eigenvalue weighted by molar-refractivity contribution is 5.94. The van der Waals surface area contributed by atoms with Crippen LogP contribution in [0.1, 0.15) is 41.8 Å². The molecule has 7 nitrogen and oxygen atoms in total. The molecule has 152 valence electrons. The second kappa shape index (κ2) is 7.22. The van der Waals surface area contributed by atoms with Gasteiger partial charge in [0.05, 0.1) is 23.4 Å². The van der Waals surface area contributed by atoms with Crippen LogP contribution >= 0.6 is 0 Å². The molecule has 2 unspecified atom stereocenters. The lowest BCUT2D eigenvalue weighted by Crippen LogP contribution is -2.61. The van der Waals surface area contributed by atoms with Crippen LogP contribution < -0.4 is 15.5 Å². The van der Waals surface area contributed by atoms with E-state index in [0.717, 1.165) is 58.7 Å². The number of aromatic nitrogens is 3. The maximum atomic E-state index is 9.35. The van der Waals surface area contributed by atoms with Gasteiger partial charge >= 0.3 is 0 Å². The van der Waals surface area contributed by atoms with E-state index in [1.54, 1.807) is 0 Å².